The first-order valence-corrected chi connectivity index (χ1v) is 7.36. The summed E-state index contributed by atoms with van der Waals surface area (Å²) < 4.78 is 2.86. The molecule has 3 rings (SSSR count). The first-order chi connectivity index (χ1) is 8.63. The fourth-order valence-electron chi connectivity index (χ4n) is 2.47. The van der Waals surface area contributed by atoms with Crippen molar-refractivity contribution < 1.29 is 0 Å². The van der Waals surface area contributed by atoms with E-state index >= 15 is 0 Å². The van der Waals surface area contributed by atoms with Gasteiger partial charge in [0.1, 0.15) is 0 Å². The molecule has 0 saturated carbocycles. The van der Waals surface area contributed by atoms with Crippen LogP contribution < -0.4 is 0 Å². The second kappa shape index (κ2) is 4.10. The monoisotopic (exact) mass is 254 g/mol. The summed E-state index contributed by atoms with van der Waals surface area (Å²) in [5.41, 5.74) is 1.74. The van der Waals surface area contributed by atoms with E-state index in [1.807, 2.05) is 11.3 Å². The molecule has 0 saturated heterocycles. The van der Waals surface area contributed by atoms with E-state index in [1.165, 1.54) is 32.2 Å². The van der Waals surface area contributed by atoms with Gasteiger partial charge in [-0.2, -0.15) is 0 Å². The number of rotatable bonds is 2. The van der Waals surface area contributed by atoms with Crippen LogP contribution in [0.15, 0.2) is 42.5 Å². The summed E-state index contributed by atoms with van der Waals surface area (Å²) in [6.45, 7) is 6.95. The van der Waals surface area contributed by atoms with Crippen molar-refractivity contribution in [2.24, 2.45) is 0 Å². The standard InChI is InChI=1S/C17H18S/c1-4-17(2,3)14-10-7-9-13-12-8-5-6-11-15(12)18-16(13)14/h5-11H,4H2,1-3H3. The van der Waals surface area contributed by atoms with Crippen molar-refractivity contribution in [2.75, 3.05) is 0 Å². The average molecular weight is 254 g/mol. The summed E-state index contributed by atoms with van der Waals surface area (Å²) in [4.78, 5) is 0. The van der Waals surface area contributed by atoms with Crippen molar-refractivity contribution in [1.29, 1.82) is 0 Å². The van der Waals surface area contributed by atoms with E-state index in [2.05, 4.69) is 63.2 Å². The first-order valence-electron chi connectivity index (χ1n) is 6.54. The predicted octanol–water partition coefficient (Wildman–Crippen LogP) is 5.74. The van der Waals surface area contributed by atoms with Gasteiger partial charge in [0.15, 0.2) is 0 Å². The topological polar surface area (TPSA) is 0 Å². The molecule has 92 valence electrons. The molecule has 3 aromatic rings. The summed E-state index contributed by atoms with van der Waals surface area (Å²) in [6, 6.07) is 15.5. The molecular weight excluding hydrogens is 236 g/mol. The maximum atomic E-state index is 2.34. The lowest BCUT2D eigenvalue weighted by molar-refractivity contribution is 0.511. The Labute approximate surface area is 112 Å². The molecule has 18 heavy (non-hydrogen) atoms. The Morgan fingerprint density at radius 3 is 2.44 bits per heavy atom. The van der Waals surface area contributed by atoms with Crippen LogP contribution in [0.25, 0.3) is 20.2 Å². The molecule has 0 aliphatic heterocycles. The molecule has 0 radical (unpaired) electrons. The number of thiophene rings is 1. The van der Waals surface area contributed by atoms with Gasteiger partial charge >= 0.3 is 0 Å². The quantitative estimate of drug-likeness (QED) is 0.547. The molecule has 0 atom stereocenters. The third-order valence-corrected chi connectivity index (χ3v) is 5.24. The Balaban J connectivity index is 2.41. The summed E-state index contributed by atoms with van der Waals surface area (Å²) in [6.07, 6.45) is 1.17. The minimum atomic E-state index is 0.250. The molecule has 0 aliphatic carbocycles. The molecule has 0 amide bonds. The molecule has 0 bridgehead atoms. The fraction of sp³-hybridized carbons (Fsp3) is 0.294. The SMILES string of the molecule is CCC(C)(C)c1cccc2c1sc1ccccc12. The minimum Gasteiger partial charge on any atom is -0.135 e. The van der Waals surface area contributed by atoms with Crippen LogP contribution in [-0.2, 0) is 5.41 Å². The lowest BCUT2D eigenvalue weighted by Gasteiger charge is -2.23. The van der Waals surface area contributed by atoms with Gasteiger partial charge in [-0.15, -0.1) is 11.3 Å². The molecule has 0 fully saturated rings. The second-order valence-corrected chi connectivity index (χ2v) is 6.57. The lowest BCUT2D eigenvalue weighted by Crippen LogP contribution is -2.15. The van der Waals surface area contributed by atoms with Gasteiger partial charge in [0.05, 0.1) is 0 Å². The molecule has 0 N–H and O–H groups in total. The molecule has 0 unspecified atom stereocenters. The van der Waals surface area contributed by atoms with E-state index in [1.54, 1.807) is 0 Å². The smallest absolute Gasteiger partial charge is 0.0392 e. The minimum absolute atomic E-state index is 0.250. The number of hydrogen-bond acceptors (Lipinski definition) is 1. The molecule has 1 aromatic heterocycles. The molecule has 2 aromatic carbocycles. The molecule has 1 heteroatoms. The van der Waals surface area contributed by atoms with Gasteiger partial charge in [0, 0.05) is 20.2 Å². The number of fused-ring (bicyclic) bond motifs is 3. The Morgan fingerprint density at radius 2 is 1.67 bits per heavy atom. The lowest BCUT2D eigenvalue weighted by atomic mass is 9.82. The van der Waals surface area contributed by atoms with Gasteiger partial charge in [-0.25, -0.2) is 0 Å². The van der Waals surface area contributed by atoms with Crippen molar-refractivity contribution in [3.8, 4) is 0 Å². The number of hydrogen-bond donors (Lipinski definition) is 0. The Morgan fingerprint density at radius 1 is 0.944 bits per heavy atom. The highest BCUT2D eigenvalue weighted by Gasteiger charge is 2.21. The highest BCUT2D eigenvalue weighted by Crippen LogP contribution is 2.40. The Bertz CT molecular complexity index is 704. The summed E-state index contributed by atoms with van der Waals surface area (Å²) in [7, 11) is 0. The van der Waals surface area contributed by atoms with Crippen LogP contribution in [0, 0.1) is 0 Å². The summed E-state index contributed by atoms with van der Waals surface area (Å²) in [5, 5.41) is 2.81. The van der Waals surface area contributed by atoms with Gasteiger partial charge < -0.3 is 0 Å². The largest absolute Gasteiger partial charge is 0.135 e. The van der Waals surface area contributed by atoms with Crippen LogP contribution in [0.4, 0.5) is 0 Å². The van der Waals surface area contributed by atoms with E-state index in [0.29, 0.717) is 0 Å². The highest BCUT2D eigenvalue weighted by molar-refractivity contribution is 7.26. The molecular formula is C17H18S. The van der Waals surface area contributed by atoms with Crippen molar-refractivity contribution >= 4 is 31.5 Å². The molecule has 0 aliphatic rings. The molecule has 0 nitrogen and oxygen atoms in total. The van der Waals surface area contributed by atoms with E-state index in [9.17, 15) is 0 Å². The summed E-state index contributed by atoms with van der Waals surface area (Å²) >= 11 is 1.93. The zero-order valence-corrected chi connectivity index (χ0v) is 12.0. The van der Waals surface area contributed by atoms with Crippen molar-refractivity contribution in [3.63, 3.8) is 0 Å². The summed E-state index contributed by atoms with van der Waals surface area (Å²) in [5.74, 6) is 0. The zero-order valence-electron chi connectivity index (χ0n) is 11.2. The number of benzene rings is 2. The van der Waals surface area contributed by atoms with Gasteiger partial charge in [-0.05, 0) is 23.5 Å². The van der Waals surface area contributed by atoms with Crippen LogP contribution in [-0.4, -0.2) is 0 Å². The van der Waals surface area contributed by atoms with Crippen molar-refractivity contribution in [2.45, 2.75) is 32.6 Å². The normalized spacial score (nSPS) is 12.4. The maximum absolute atomic E-state index is 2.34. The van der Waals surface area contributed by atoms with Gasteiger partial charge in [-0.1, -0.05) is 57.2 Å². The van der Waals surface area contributed by atoms with E-state index in [4.69, 9.17) is 0 Å². The van der Waals surface area contributed by atoms with Crippen LogP contribution in [0.2, 0.25) is 0 Å². The van der Waals surface area contributed by atoms with E-state index < -0.39 is 0 Å². The van der Waals surface area contributed by atoms with Gasteiger partial charge in [-0.3, -0.25) is 0 Å². The third-order valence-electron chi connectivity index (χ3n) is 4.02. The van der Waals surface area contributed by atoms with Crippen molar-refractivity contribution in [1.82, 2.24) is 0 Å². The van der Waals surface area contributed by atoms with Gasteiger partial charge in [0.25, 0.3) is 0 Å². The Hall–Kier alpha value is -1.34. The second-order valence-electron chi connectivity index (χ2n) is 5.52. The third kappa shape index (κ3) is 1.65. The fourth-order valence-corrected chi connectivity index (χ4v) is 3.87. The molecule has 0 spiro atoms. The van der Waals surface area contributed by atoms with E-state index in [-0.39, 0.29) is 5.41 Å². The van der Waals surface area contributed by atoms with Crippen LogP contribution in [0.5, 0.6) is 0 Å². The van der Waals surface area contributed by atoms with E-state index in [0.717, 1.165) is 0 Å². The molecule has 1 heterocycles. The maximum Gasteiger partial charge on any atom is 0.0392 e. The van der Waals surface area contributed by atoms with Crippen molar-refractivity contribution in [3.05, 3.63) is 48.0 Å². The predicted molar refractivity (Wildman–Crippen MR) is 82.6 cm³/mol. The highest BCUT2D eigenvalue weighted by atomic mass is 32.1. The zero-order chi connectivity index (χ0) is 12.8. The van der Waals surface area contributed by atoms with Crippen LogP contribution in [0.3, 0.4) is 0 Å². The van der Waals surface area contributed by atoms with Crippen LogP contribution >= 0.6 is 11.3 Å². The van der Waals surface area contributed by atoms with Gasteiger partial charge in [0.2, 0.25) is 0 Å². The first kappa shape index (κ1) is 11.7. The Kier molecular flexibility index (Phi) is 2.67. The average Bonchev–Trinajstić information content (AvgIpc) is 2.77. The van der Waals surface area contributed by atoms with Crippen LogP contribution in [0.1, 0.15) is 32.8 Å².